The van der Waals surface area contributed by atoms with E-state index in [1.807, 2.05) is 0 Å². The molecule has 0 aromatic heterocycles. The summed E-state index contributed by atoms with van der Waals surface area (Å²) in [4.78, 5) is 22.9. The molecule has 0 unspecified atom stereocenters. The molecule has 1 aromatic rings. The topological polar surface area (TPSA) is 55.4 Å². The van der Waals surface area contributed by atoms with Crippen LogP contribution >= 0.6 is 0 Å². The average molecular weight is 432 g/mol. The largest absolute Gasteiger partial charge is 0.377 e. The van der Waals surface area contributed by atoms with Crippen LogP contribution in [-0.2, 0) is 27.5 Å². The van der Waals surface area contributed by atoms with E-state index >= 15 is 0 Å². The molecule has 1 N–H and O–H groups in total. The van der Waals surface area contributed by atoms with Crippen LogP contribution in [0.2, 0.25) is 0 Å². The van der Waals surface area contributed by atoms with Crippen molar-refractivity contribution >= 4 is 11.7 Å². The molecule has 0 atom stereocenters. The normalized spacial score (nSPS) is 11.1. The van der Waals surface area contributed by atoms with Gasteiger partial charge < -0.3 is 14.8 Å². The fraction of sp³-hybridized carbons (Fsp3) is 0.704. The van der Waals surface area contributed by atoms with Gasteiger partial charge in [-0.05, 0) is 36.8 Å². The van der Waals surface area contributed by atoms with Gasteiger partial charge in [-0.25, -0.2) is 0 Å². The Hall–Kier alpha value is -1.68. The van der Waals surface area contributed by atoms with Gasteiger partial charge in [0.15, 0.2) is 0 Å². The Morgan fingerprint density at radius 2 is 1.26 bits per heavy atom. The molecule has 4 nitrogen and oxygen atoms in total. The lowest BCUT2D eigenvalue weighted by molar-refractivity contribution is -0.121. The van der Waals surface area contributed by atoms with E-state index in [0.29, 0.717) is 31.3 Å². The standard InChI is InChI=1S/C27H45NO3/c1-23(2)21-31-22-26-18-16-25(17-19-26)20-28-27(30)15-13-11-9-7-5-4-6-8-10-12-14-24(3)29/h16-19,23H,4-15,20-22H2,1-3H3,(H,28,30). The summed E-state index contributed by atoms with van der Waals surface area (Å²) in [6.07, 6.45) is 13.3. The Labute approximate surface area is 190 Å². The molecule has 1 aromatic carbocycles. The maximum Gasteiger partial charge on any atom is 0.220 e. The lowest BCUT2D eigenvalue weighted by Crippen LogP contribution is -2.22. The molecule has 0 aliphatic heterocycles. The van der Waals surface area contributed by atoms with Crippen molar-refractivity contribution in [3.63, 3.8) is 0 Å². The molecule has 4 heteroatoms. The summed E-state index contributed by atoms with van der Waals surface area (Å²) < 4.78 is 5.65. The minimum atomic E-state index is 0.148. The molecule has 0 fully saturated rings. The lowest BCUT2D eigenvalue weighted by atomic mass is 10.0. The van der Waals surface area contributed by atoms with Gasteiger partial charge in [-0.3, -0.25) is 4.79 Å². The minimum Gasteiger partial charge on any atom is -0.377 e. The highest BCUT2D eigenvalue weighted by Gasteiger charge is 2.03. The smallest absolute Gasteiger partial charge is 0.220 e. The Balaban J connectivity index is 1.95. The lowest BCUT2D eigenvalue weighted by Gasteiger charge is -2.08. The molecule has 0 aliphatic carbocycles. The van der Waals surface area contributed by atoms with Crippen LogP contribution in [-0.4, -0.2) is 18.3 Å². The fourth-order valence-electron chi connectivity index (χ4n) is 3.53. The number of ether oxygens (including phenoxy) is 1. The van der Waals surface area contributed by atoms with E-state index < -0.39 is 0 Å². The first-order chi connectivity index (χ1) is 15.0. The predicted octanol–water partition coefficient (Wildman–Crippen LogP) is 6.75. The van der Waals surface area contributed by atoms with E-state index in [4.69, 9.17) is 4.74 Å². The number of Topliss-reactive ketones (excluding diaryl/α,β-unsaturated/α-hetero) is 1. The zero-order valence-corrected chi connectivity index (χ0v) is 20.2. The monoisotopic (exact) mass is 431 g/mol. The van der Waals surface area contributed by atoms with Crippen LogP contribution in [0.4, 0.5) is 0 Å². The summed E-state index contributed by atoms with van der Waals surface area (Å²) in [6.45, 7) is 7.99. The number of ketones is 1. The number of nitrogens with one attached hydrogen (secondary N) is 1. The molecule has 0 aliphatic rings. The van der Waals surface area contributed by atoms with Crippen molar-refractivity contribution < 1.29 is 14.3 Å². The van der Waals surface area contributed by atoms with E-state index in [1.54, 1.807) is 6.92 Å². The number of benzene rings is 1. The number of amides is 1. The Bertz CT molecular complexity index is 595. The summed E-state index contributed by atoms with van der Waals surface area (Å²) in [7, 11) is 0. The average Bonchev–Trinajstić information content (AvgIpc) is 2.73. The fourth-order valence-corrected chi connectivity index (χ4v) is 3.53. The molecule has 176 valence electrons. The van der Waals surface area contributed by atoms with Crippen LogP contribution < -0.4 is 5.32 Å². The summed E-state index contributed by atoms with van der Waals surface area (Å²) in [6, 6.07) is 8.29. The van der Waals surface area contributed by atoms with Gasteiger partial charge in [-0.15, -0.1) is 0 Å². The maximum atomic E-state index is 12.0. The van der Waals surface area contributed by atoms with Crippen LogP contribution in [0, 0.1) is 5.92 Å². The molecule has 0 saturated carbocycles. The first-order valence-electron chi connectivity index (χ1n) is 12.4. The first-order valence-corrected chi connectivity index (χ1v) is 12.4. The zero-order chi connectivity index (χ0) is 22.7. The van der Waals surface area contributed by atoms with Crippen molar-refractivity contribution in [2.75, 3.05) is 6.61 Å². The van der Waals surface area contributed by atoms with E-state index in [0.717, 1.165) is 37.9 Å². The van der Waals surface area contributed by atoms with Gasteiger partial charge in [0.25, 0.3) is 0 Å². The van der Waals surface area contributed by atoms with Crippen molar-refractivity contribution in [3.05, 3.63) is 35.4 Å². The van der Waals surface area contributed by atoms with Crippen LogP contribution in [0.25, 0.3) is 0 Å². The third-order valence-electron chi connectivity index (χ3n) is 5.42. The molecule has 0 radical (unpaired) electrons. The number of carbonyl (C=O) groups is 2. The molecule has 1 rings (SSSR count). The molecule has 0 bridgehead atoms. The highest BCUT2D eigenvalue weighted by Crippen LogP contribution is 2.12. The Morgan fingerprint density at radius 3 is 1.77 bits per heavy atom. The van der Waals surface area contributed by atoms with Crippen molar-refractivity contribution in [3.8, 4) is 0 Å². The molecular formula is C27H45NO3. The Morgan fingerprint density at radius 1 is 0.774 bits per heavy atom. The van der Waals surface area contributed by atoms with E-state index in [-0.39, 0.29) is 5.91 Å². The van der Waals surface area contributed by atoms with E-state index in [2.05, 4.69) is 43.4 Å². The van der Waals surface area contributed by atoms with Crippen molar-refractivity contribution in [2.45, 2.75) is 111 Å². The van der Waals surface area contributed by atoms with Crippen LogP contribution in [0.15, 0.2) is 24.3 Å². The first kappa shape index (κ1) is 27.4. The van der Waals surface area contributed by atoms with Crippen molar-refractivity contribution in [2.24, 2.45) is 5.92 Å². The molecular weight excluding hydrogens is 386 g/mol. The third-order valence-corrected chi connectivity index (χ3v) is 5.42. The van der Waals surface area contributed by atoms with Crippen LogP contribution in [0.1, 0.15) is 109 Å². The maximum absolute atomic E-state index is 12.0. The van der Waals surface area contributed by atoms with Gasteiger partial charge in [-0.1, -0.05) is 89.5 Å². The number of hydrogen-bond donors (Lipinski definition) is 1. The van der Waals surface area contributed by atoms with Crippen molar-refractivity contribution in [1.29, 1.82) is 0 Å². The summed E-state index contributed by atoms with van der Waals surface area (Å²) in [5.74, 6) is 1.01. The molecule has 0 spiro atoms. The molecule has 0 heterocycles. The van der Waals surface area contributed by atoms with Crippen molar-refractivity contribution in [1.82, 2.24) is 5.32 Å². The minimum absolute atomic E-state index is 0.148. The molecule has 1 amide bonds. The van der Waals surface area contributed by atoms with Gasteiger partial charge in [0.2, 0.25) is 5.91 Å². The second-order valence-electron chi connectivity index (χ2n) is 9.24. The third kappa shape index (κ3) is 16.7. The van der Waals surface area contributed by atoms with Gasteiger partial charge >= 0.3 is 0 Å². The highest BCUT2D eigenvalue weighted by molar-refractivity contribution is 5.75. The molecule has 31 heavy (non-hydrogen) atoms. The van der Waals surface area contributed by atoms with Gasteiger partial charge in [0.05, 0.1) is 6.61 Å². The summed E-state index contributed by atoms with van der Waals surface area (Å²) in [5.41, 5.74) is 2.30. The summed E-state index contributed by atoms with van der Waals surface area (Å²) in [5, 5.41) is 3.03. The SMILES string of the molecule is CC(=O)CCCCCCCCCCCCC(=O)NCc1ccc(COCC(C)C)cc1. The predicted molar refractivity (Wildman–Crippen MR) is 129 cm³/mol. The van der Waals surface area contributed by atoms with Crippen LogP contribution in [0.3, 0.4) is 0 Å². The van der Waals surface area contributed by atoms with Gasteiger partial charge in [0, 0.05) is 26.0 Å². The second-order valence-corrected chi connectivity index (χ2v) is 9.24. The quantitative estimate of drug-likeness (QED) is 0.247. The number of unbranched alkanes of at least 4 members (excludes halogenated alkanes) is 9. The highest BCUT2D eigenvalue weighted by atomic mass is 16.5. The zero-order valence-electron chi connectivity index (χ0n) is 20.2. The number of hydrogen-bond acceptors (Lipinski definition) is 3. The van der Waals surface area contributed by atoms with E-state index in [9.17, 15) is 9.59 Å². The number of carbonyl (C=O) groups excluding carboxylic acids is 2. The van der Waals surface area contributed by atoms with Gasteiger partial charge in [-0.2, -0.15) is 0 Å². The Kier molecular flexibility index (Phi) is 15.8. The van der Waals surface area contributed by atoms with E-state index in [1.165, 1.54) is 50.5 Å². The van der Waals surface area contributed by atoms with Gasteiger partial charge in [0.1, 0.15) is 5.78 Å². The summed E-state index contributed by atoms with van der Waals surface area (Å²) >= 11 is 0. The second kappa shape index (κ2) is 17.9. The van der Waals surface area contributed by atoms with Crippen LogP contribution in [0.5, 0.6) is 0 Å². The molecule has 0 saturated heterocycles. The number of rotatable bonds is 19.